The molecule has 0 aromatic heterocycles. The molecule has 1 aliphatic heterocycles. The standard InChI is InChI=1S/C10H20N2O2/c1-8(10(11)13)7-12-5-4-9-3-2-6-14-9/h8-9,12H,2-7H2,1H3,(H2,11,13). The SMILES string of the molecule is CC(CNCCC1CCCO1)C(N)=O. The highest BCUT2D eigenvalue weighted by molar-refractivity contribution is 5.76. The molecule has 2 unspecified atom stereocenters. The first-order valence-corrected chi connectivity index (χ1v) is 5.32. The van der Waals surface area contributed by atoms with Crippen molar-refractivity contribution < 1.29 is 9.53 Å². The predicted octanol–water partition coefficient (Wildman–Crippen LogP) is 0.267. The summed E-state index contributed by atoms with van der Waals surface area (Å²) in [6.07, 6.45) is 3.81. The zero-order chi connectivity index (χ0) is 10.4. The Balaban J connectivity index is 1.95. The summed E-state index contributed by atoms with van der Waals surface area (Å²) in [5.74, 6) is -0.325. The van der Waals surface area contributed by atoms with E-state index in [0.29, 0.717) is 12.6 Å². The van der Waals surface area contributed by atoms with Gasteiger partial charge in [0.05, 0.1) is 6.10 Å². The maximum atomic E-state index is 10.7. The van der Waals surface area contributed by atoms with Crippen LogP contribution in [0.5, 0.6) is 0 Å². The van der Waals surface area contributed by atoms with Crippen LogP contribution in [0.1, 0.15) is 26.2 Å². The molecule has 1 fully saturated rings. The van der Waals surface area contributed by atoms with Gasteiger partial charge in [0.15, 0.2) is 0 Å². The maximum Gasteiger partial charge on any atom is 0.221 e. The summed E-state index contributed by atoms with van der Waals surface area (Å²) >= 11 is 0. The molecule has 2 atom stereocenters. The number of rotatable bonds is 6. The van der Waals surface area contributed by atoms with Gasteiger partial charge in [-0.05, 0) is 25.8 Å². The van der Waals surface area contributed by atoms with Crippen molar-refractivity contribution in [2.75, 3.05) is 19.7 Å². The summed E-state index contributed by atoms with van der Waals surface area (Å²) in [7, 11) is 0. The Labute approximate surface area is 85.2 Å². The van der Waals surface area contributed by atoms with Crippen LogP contribution in [0.2, 0.25) is 0 Å². The van der Waals surface area contributed by atoms with Gasteiger partial charge in [-0.25, -0.2) is 0 Å². The van der Waals surface area contributed by atoms with Crippen LogP contribution < -0.4 is 11.1 Å². The van der Waals surface area contributed by atoms with Crippen LogP contribution in [0, 0.1) is 5.92 Å². The Hall–Kier alpha value is -0.610. The van der Waals surface area contributed by atoms with Crippen molar-refractivity contribution in [3.05, 3.63) is 0 Å². The molecule has 82 valence electrons. The molecule has 1 heterocycles. The first-order chi connectivity index (χ1) is 6.70. The second kappa shape index (κ2) is 5.98. The molecule has 1 aliphatic rings. The molecule has 1 amide bonds. The second-order valence-corrected chi connectivity index (χ2v) is 3.93. The molecule has 4 nitrogen and oxygen atoms in total. The molecule has 0 radical (unpaired) electrons. The molecule has 1 saturated heterocycles. The highest BCUT2D eigenvalue weighted by Gasteiger charge is 2.14. The fourth-order valence-electron chi connectivity index (χ4n) is 1.55. The van der Waals surface area contributed by atoms with E-state index in [1.54, 1.807) is 0 Å². The van der Waals surface area contributed by atoms with Crippen molar-refractivity contribution in [3.8, 4) is 0 Å². The predicted molar refractivity (Wildman–Crippen MR) is 54.8 cm³/mol. The molecule has 0 saturated carbocycles. The van der Waals surface area contributed by atoms with E-state index in [1.165, 1.54) is 12.8 Å². The molecule has 0 bridgehead atoms. The van der Waals surface area contributed by atoms with Crippen molar-refractivity contribution in [1.29, 1.82) is 0 Å². The Morgan fingerprint density at radius 1 is 1.71 bits per heavy atom. The molecule has 0 aromatic carbocycles. The van der Waals surface area contributed by atoms with Gasteiger partial charge in [0.2, 0.25) is 5.91 Å². The number of carbonyl (C=O) groups is 1. The lowest BCUT2D eigenvalue weighted by Gasteiger charge is -2.11. The number of hydrogen-bond donors (Lipinski definition) is 2. The molecule has 0 spiro atoms. The first kappa shape index (κ1) is 11.5. The number of carbonyl (C=O) groups excluding carboxylic acids is 1. The number of amides is 1. The number of ether oxygens (including phenoxy) is 1. The maximum absolute atomic E-state index is 10.7. The number of primary amides is 1. The third kappa shape index (κ3) is 4.07. The number of nitrogens with one attached hydrogen (secondary N) is 1. The Morgan fingerprint density at radius 2 is 2.50 bits per heavy atom. The van der Waals surface area contributed by atoms with E-state index in [2.05, 4.69) is 5.32 Å². The Kier molecular flexibility index (Phi) is 4.90. The Morgan fingerprint density at radius 3 is 3.07 bits per heavy atom. The molecular formula is C10H20N2O2. The van der Waals surface area contributed by atoms with E-state index in [1.807, 2.05) is 6.92 Å². The summed E-state index contributed by atoms with van der Waals surface area (Å²) in [5.41, 5.74) is 5.14. The van der Waals surface area contributed by atoms with Crippen LogP contribution in [0.15, 0.2) is 0 Å². The van der Waals surface area contributed by atoms with Crippen molar-refractivity contribution >= 4 is 5.91 Å². The zero-order valence-corrected chi connectivity index (χ0v) is 8.79. The van der Waals surface area contributed by atoms with Crippen molar-refractivity contribution in [2.45, 2.75) is 32.3 Å². The normalized spacial score (nSPS) is 23.6. The minimum Gasteiger partial charge on any atom is -0.378 e. The highest BCUT2D eigenvalue weighted by atomic mass is 16.5. The molecule has 14 heavy (non-hydrogen) atoms. The van der Waals surface area contributed by atoms with E-state index in [-0.39, 0.29) is 11.8 Å². The van der Waals surface area contributed by atoms with E-state index in [4.69, 9.17) is 10.5 Å². The largest absolute Gasteiger partial charge is 0.378 e. The van der Waals surface area contributed by atoms with Crippen LogP contribution in [0.4, 0.5) is 0 Å². The van der Waals surface area contributed by atoms with Gasteiger partial charge in [-0.2, -0.15) is 0 Å². The molecule has 4 heteroatoms. The van der Waals surface area contributed by atoms with Crippen LogP contribution in [0.25, 0.3) is 0 Å². The Bertz CT molecular complexity index is 179. The van der Waals surface area contributed by atoms with Gasteiger partial charge < -0.3 is 15.8 Å². The highest BCUT2D eigenvalue weighted by Crippen LogP contribution is 2.14. The number of hydrogen-bond acceptors (Lipinski definition) is 3. The van der Waals surface area contributed by atoms with E-state index in [9.17, 15) is 4.79 Å². The smallest absolute Gasteiger partial charge is 0.221 e. The third-order valence-corrected chi connectivity index (χ3v) is 2.60. The summed E-state index contributed by atoms with van der Waals surface area (Å²) in [6.45, 7) is 4.31. The fraction of sp³-hybridized carbons (Fsp3) is 0.900. The van der Waals surface area contributed by atoms with Crippen molar-refractivity contribution in [2.24, 2.45) is 11.7 Å². The minimum absolute atomic E-state index is 0.0838. The molecule has 0 aromatic rings. The lowest BCUT2D eigenvalue weighted by Crippen LogP contribution is -2.32. The molecule has 3 N–H and O–H groups in total. The molecule has 1 rings (SSSR count). The van der Waals surface area contributed by atoms with Crippen LogP contribution >= 0.6 is 0 Å². The van der Waals surface area contributed by atoms with Crippen LogP contribution in [-0.4, -0.2) is 31.7 Å². The lowest BCUT2D eigenvalue weighted by molar-refractivity contribution is -0.121. The van der Waals surface area contributed by atoms with Gasteiger partial charge in [0.25, 0.3) is 0 Å². The quantitative estimate of drug-likeness (QED) is 0.605. The average molecular weight is 200 g/mol. The van der Waals surface area contributed by atoms with Gasteiger partial charge in [-0.15, -0.1) is 0 Å². The van der Waals surface area contributed by atoms with Crippen molar-refractivity contribution in [3.63, 3.8) is 0 Å². The topological polar surface area (TPSA) is 64.3 Å². The zero-order valence-electron chi connectivity index (χ0n) is 8.79. The molecular weight excluding hydrogens is 180 g/mol. The van der Waals surface area contributed by atoms with Crippen molar-refractivity contribution in [1.82, 2.24) is 5.32 Å². The summed E-state index contributed by atoms with van der Waals surface area (Å²) in [6, 6.07) is 0. The van der Waals surface area contributed by atoms with E-state index < -0.39 is 0 Å². The number of nitrogens with two attached hydrogens (primary N) is 1. The average Bonchev–Trinajstić information content (AvgIpc) is 2.64. The van der Waals surface area contributed by atoms with E-state index >= 15 is 0 Å². The second-order valence-electron chi connectivity index (χ2n) is 3.93. The van der Waals surface area contributed by atoms with Crippen LogP contribution in [-0.2, 0) is 9.53 Å². The van der Waals surface area contributed by atoms with Crippen LogP contribution in [0.3, 0.4) is 0 Å². The van der Waals surface area contributed by atoms with Gasteiger partial charge in [0, 0.05) is 19.1 Å². The molecule has 0 aliphatic carbocycles. The van der Waals surface area contributed by atoms with E-state index in [0.717, 1.165) is 19.6 Å². The van der Waals surface area contributed by atoms with Gasteiger partial charge in [-0.3, -0.25) is 4.79 Å². The summed E-state index contributed by atoms with van der Waals surface area (Å²) < 4.78 is 5.48. The van der Waals surface area contributed by atoms with Gasteiger partial charge in [0.1, 0.15) is 0 Å². The first-order valence-electron chi connectivity index (χ1n) is 5.32. The fourth-order valence-corrected chi connectivity index (χ4v) is 1.55. The summed E-state index contributed by atoms with van der Waals surface area (Å²) in [5, 5.41) is 3.21. The minimum atomic E-state index is -0.241. The van der Waals surface area contributed by atoms with Gasteiger partial charge >= 0.3 is 0 Å². The summed E-state index contributed by atoms with van der Waals surface area (Å²) in [4.78, 5) is 10.7. The third-order valence-electron chi connectivity index (χ3n) is 2.60. The lowest BCUT2D eigenvalue weighted by atomic mass is 10.1. The van der Waals surface area contributed by atoms with Gasteiger partial charge in [-0.1, -0.05) is 6.92 Å². The monoisotopic (exact) mass is 200 g/mol.